The molecule has 0 spiro atoms. The predicted octanol–water partition coefficient (Wildman–Crippen LogP) is 4.64. The van der Waals surface area contributed by atoms with Crippen LogP contribution in [0.15, 0.2) is 78.1 Å². The number of amides is 1. The molecule has 1 aliphatic heterocycles. The van der Waals surface area contributed by atoms with E-state index in [1.54, 1.807) is 66.9 Å². The molecule has 1 aromatic heterocycles. The van der Waals surface area contributed by atoms with Gasteiger partial charge in [-0.15, -0.1) is 0 Å². The standard InChI is InChI=1S/C25H20ClN3O5S/c1-16-4-2-6-19(10-16)27-24(30)14-35(31,32)25-28-21(13-29(25)20-7-3-5-18(26)12-20)17-8-9-22-23(11-17)34-15-33-22/h2-13H,14-15H2,1H3,(H,27,30). The van der Waals surface area contributed by atoms with E-state index in [2.05, 4.69) is 10.3 Å². The number of carbonyl (C=O) groups excluding carboxylic acids is 1. The second-order valence-corrected chi connectivity index (χ2v) is 10.3. The van der Waals surface area contributed by atoms with Gasteiger partial charge in [0.05, 0.1) is 5.69 Å². The average molecular weight is 510 g/mol. The quantitative estimate of drug-likeness (QED) is 0.406. The number of fused-ring (bicyclic) bond motifs is 1. The molecular formula is C25H20ClN3O5S. The molecule has 0 saturated heterocycles. The van der Waals surface area contributed by atoms with Gasteiger partial charge in [0, 0.05) is 28.2 Å². The first kappa shape index (κ1) is 22.9. The lowest BCUT2D eigenvalue weighted by Crippen LogP contribution is -2.25. The fourth-order valence-electron chi connectivity index (χ4n) is 3.75. The Morgan fingerprint density at radius 3 is 2.66 bits per heavy atom. The number of nitrogens with one attached hydrogen (secondary N) is 1. The highest BCUT2D eigenvalue weighted by atomic mass is 35.5. The fraction of sp³-hybridized carbons (Fsp3) is 0.120. The van der Waals surface area contributed by atoms with Gasteiger partial charge in [-0.2, -0.15) is 0 Å². The van der Waals surface area contributed by atoms with Crippen LogP contribution in [0, 0.1) is 6.92 Å². The van der Waals surface area contributed by atoms with Crippen molar-refractivity contribution in [1.82, 2.24) is 9.55 Å². The third-order valence-corrected chi connectivity index (χ3v) is 7.05. The van der Waals surface area contributed by atoms with Crippen LogP contribution in [0.1, 0.15) is 5.56 Å². The van der Waals surface area contributed by atoms with Crippen molar-refractivity contribution in [3.63, 3.8) is 0 Å². The van der Waals surface area contributed by atoms with Crippen molar-refractivity contribution >= 4 is 33.0 Å². The lowest BCUT2D eigenvalue weighted by atomic mass is 10.1. The summed E-state index contributed by atoms with van der Waals surface area (Å²) in [4.78, 5) is 17.1. The normalized spacial score (nSPS) is 12.5. The number of carbonyl (C=O) groups is 1. The number of halogens is 1. The molecule has 35 heavy (non-hydrogen) atoms. The summed E-state index contributed by atoms with van der Waals surface area (Å²) in [5.41, 5.74) is 2.98. The van der Waals surface area contributed by atoms with E-state index in [9.17, 15) is 13.2 Å². The number of sulfone groups is 1. The Morgan fingerprint density at radius 1 is 1.06 bits per heavy atom. The number of aryl methyl sites for hydroxylation is 1. The summed E-state index contributed by atoms with van der Waals surface area (Å²) in [7, 11) is -4.14. The molecule has 1 aliphatic rings. The Bertz CT molecular complexity index is 1550. The zero-order valence-corrected chi connectivity index (χ0v) is 20.1. The smallest absolute Gasteiger partial charge is 0.240 e. The molecule has 0 radical (unpaired) electrons. The van der Waals surface area contributed by atoms with Gasteiger partial charge in [-0.05, 0) is 61.0 Å². The molecule has 8 nitrogen and oxygen atoms in total. The average Bonchev–Trinajstić information content (AvgIpc) is 3.46. The Kier molecular flexibility index (Phi) is 5.96. The van der Waals surface area contributed by atoms with Gasteiger partial charge in [0.25, 0.3) is 0 Å². The minimum atomic E-state index is -4.14. The molecule has 2 heterocycles. The van der Waals surface area contributed by atoms with Crippen LogP contribution >= 0.6 is 11.6 Å². The highest BCUT2D eigenvalue weighted by Crippen LogP contribution is 2.36. The van der Waals surface area contributed by atoms with Crippen LogP contribution in [-0.4, -0.2) is 36.4 Å². The summed E-state index contributed by atoms with van der Waals surface area (Å²) in [6.45, 7) is 2.00. The van der Waals surface area contributed by atoms with Gasteiger partial charge in [-0.3, -0.25) is 9.36 Å². The van der Waals surface area contributed by atoms with Crippen LogP contribution in [0.4, 0.5) is 5.69 Å². The largest absolute Gasteiger partial charge is 0.454 e. The summed E-state index contributed by atoms with van der Waals surface area (Å²) in [5, 5.41) is 2.80. The van der Waals surface area contributed by atoms with Crippen molar-refractivity contribution in [3.05, 3.63) is 83.5 Å². The van der Waals surface area contributed by atoms with E-state index in [4.69, 9.17) is 21.1 Å². The van der Waals surface area contributed by atoms with Crippen LogP contribution < -0.4 is 14.8 Å². The van der Waals surface area contributed by atoms with E-state index in [1.807, 2.05) is 13.0 Å². The van der Waals surface area contributed by atoms with E-state index in [0.717, 1.165) is 5.56 Å². The summed E-state index contributed by atoms with van der Waals surface area (Å²) in [6, 6.07) is 19.1. The van der Waals surface area contributed by atoms with Crippen LogP contribution in [-0.2, 0) is 14.6 Å². The van der Waals surface area contributed by atoms with Crippen molar-refractivity contribution in [2.24, 2.45) is 0 Å². The van der Waals surface area contributed by atoms with E-state index >= 15 is 0 Å². The van der Waals surface area contributed by atoms with Crippen LogP contribution in [0.3, 0.4) is 0 Å². The van der Waals surface area contributed by atoms with Crippen molar-refractivity contribution in [1.29, 1.82) is 0 Å². The zero-order chi connectivity index (χ0) is 24.6. The SMILES string of the molecule is Cc1cccc(NC(=O)CS(=O)(=O)c2nc(-c3ccc4c(c3)OCO4)cn2-c2cccc(Cl)c2)c1. The maximum atomic E-state index is 13.4. The molecule has 0 fully saturated rings. The number of rotatable bonds is 6. The molecule has 1 N–H and O–H groups in total. The van der Waals surface area contributed by atoms with E-state index < -0.39 is 21.5 Å². The van der Waals surface area contributed by atoms with Gasteiger partial charge >= 0.3 is 0 Å². The lowest BCUT2D eigenvalue weighted by molar-refractivity contribution is -0.113. The third kappa shape index (κ3) is 4.87. The summed E-state index contributed by atoms with van der Waals surface area (Å²) in [6.07, 6.45) is 1.59. The third-order valence-electron chi connectivity index (χ3n) is 5.33. The minimum Gasteiger partial charge on any atom is -0.454 e. The molecular weight excluding hydrogens is 490 g/mol. The molecule has 0 saturated carbocycles. The number of hydrogen-bond acceptors (Lipinski definition) is 6. The number of nitrogens with zero attached hydrogens (tertiary/aromatic N) is 2. The Labute approximate surface area is 207 Å². The number of benzene rings is 3. The highest BCUT2D eigenvalue weighted by molar-refractivity contribution is 7.92. The topological polar surface area (TPSA) is 99.5 Å². The molecule has 4 aromatic rings. The van der Waals surface area contributed by atoms with Crippen LogP contribution in [0.25, 0.3) is 16.9 Å². The molecule has 178 valence electrons. The second kappa shape index (κ2) is 9.09. The minimum absolute atomic E-state index is 0.116. The first-order valence-corrected chi connectivity index (χ1v) is 12.7. The Balaban J connectivity index is 1.52. The molecule has 1 amide bonds. The van der Waals surface area contributed by atoms with Crippen molar-refractivity contribution in [2.45, 2.75) is 12.1 Å². The summed E-state index contributed by atoms with van der Waals surface area (Å²) >= 11 is 6.16. The first-order valence-electron chi connectivity index (χ1n) is 10.6. The molecule has 10 heteroatoms. The van der Waals surface area contributed by atoms with Gasteiger partial charge < -0.3 is 14.8 Å². The number of anilines is 1. The number of ether oxygens (including phenoxy) is 2. The zero-order valence-electron chi connectivity index (χ0n) is 18.6. The number of aromatic nitrogens is 2. The Morgan fingerprint density at radius 2 is 1.86 bits per heavy atom. The van der Waals surface area contributed by atoms with Crippen molar-refractivity contribution in [2.75, 3.05) is 17.9 Å². The lowest BCUT2D eigenvalue weighted by Gasteiger charge is -2.10. The van der Waals surface area contributed by atoms with E-state index in [0.29, 0.717) is 39.2 Å². The highest BCUT2D eigenvalue weighted by Gasteiger charge is 2.28. The van der Waals surface area contributed by atoms with Crippen molar-refractivity contribution in [3.8, 4) is 28.4 Å². The van der Waals surface area contributed by atoms with Gasteiger partial charge in [0.1, 0.15) is 5.75 Å². The number of imidazole rings is 1. The molecule has 5 rings (SSSR count). The van der Waals surface area contributed by atoms with Gasteiger partial charge in [-0.25, -0.2) is 13.4 Å². The van der Waals surface area contributed by atoms with E-state index in [-0.39, 0.29) is 11.9 Å². The molecule has 0 unspecified atom stereocenters. The van der Waals surface area contributed by atoms with Crippen LogP contribution in [0.5, 0.6) is 11.5 Å². The second-order valence-electron chi connectivity index (χ2n) is 8.00. The molecule has 0 aliphatic carbocycles. The first-order chi connectivity index (χ1) is 16.8. The van der Waals surface area contributed by atoms with E-state index in [1.165, 1.54) is 4.57 Å². The summed E-state index contributed by atoms with van der Waals surface area (Å²) in [5.74, 6) is -0.301. The fourth-order valence-corrected chi connectivity index (χ4v) is 5.17. The molecule has 0 bridgehead atoms. The monoisotopic (exact) mass is 509 g/mol. The van der Waals surface area contributed by atoms with Crippen molar-refractivity contribution < 1.29 is 22.7 Å². The summed E-state index contributed by atoms with van der Waals surface area (Å²) < 4.78 is 39.0. The maximum Gasteiger partial charge on any atom is 0.240 e. The van der Waals surface area contributed by atoms with Gasteiger partial charge in [0.2, 0.25) is 27.7 Å². The van der Waals surface area contributed by atoms with Gasteiger partial charge in [-0.1, -0.05) is 29.8 Å². The maximum absolute atomic E-state index is 13.4. The molecule has 0 atom stereocenters. The molecule has 3 aromatic carbocycles. The Hall–Kier alpha value is -3.82. The van der Waals surface area contributed by atoms with Crippen LogP contribution in [0.2, 0.25) is 5.02 Å². The number of hydrogen-bond donors (Lipinski definition) is 1. The van der Waals surface area contributed by atoms with Gasteiger partial charge in [0.15, 0.2) is 11.5 Å². The predicted molar refractivity (Wildman–Crippen MR) is 132 cm³/mol.